The second-order valence-corrected chi connectivity index (χ2v) is 5.30. The molecular formula is C16H21N3O2. The number of carbonyl (C=O) groups excluding carboxylic acids is 1. The van der Waals surface area contributed by atoms with Crippen molar-refractivity contribution in [2.45, 2.75) is 32.8 Å². The summed E-state index contributed by atoms with van der Waals surface area (Å²) in [4.78, 5) is 12.0. The van der Waals surface area contributed by atoms with Gasteiger partial charge >= 0.3 is 0 Å². The van der Waals surface area contributed by atoms with Crippen molar-refractivity contribution in [3.05, 3.63) is 42.6 Å². The fourth-order valence-corrected chi connectivity index (χ4v) is 1.85. The third-order valence-electron chi connectivity index (χ3n) is 3.03. The summed E-state index contributed by atoms with van der Waals surface area (Å²) in [5.41, 5.74) is -0.00834. The van der Waals surface area contributed by atoms with Crippen molar-refractivity contribution >= 4 is 5.91 Å². The van der Waals surface area contributed by atoms with Gasteiger partial charge in [0.2, 0.25) is 5.88 Å². The van der Waals surface area contributed by atoms with Crippen LogP contribution in [0.3, 0.4) is 0 Å². The summed E-state index contributed by atoms with van der Waals surface area (Å²) < 4.78 is 7.44. The number of amides is 1. The highest BCUT2D eigenvalue weighted by atomic mass is 16.5. The maximum Gasteiger partial charge on any atom is 0.263 e. The summed E-state index contributed by atoms with van der Waals surface area (Å²) in [5.74, 6) is 0.286. The molecule has 0 atom stereocenters. The third-order valence-corrected chi connectivity index (χ3v) is 3.03. The molecule has 0 aliphatic rings. The standard InChI is InChI=1S/C16H21N3O2/c1-4-11-17-15(20)16(2,3)21-14-10-12-19(18-14)13-8-6-5-7-9-13/h5-10,12H,4,11H2,1-3H3,(H,17,20). The van der Waals surface area contributed by atoms with E-state index in [0.29, 0.717) is 12.4 Å². The molecule has 1 aromatic heterocycles. The molecule has 1 amide bonds. The van der Waals surface area contributed by atoms with Crippen molar-refractivity contribution in [1.29, 1.82) is 0 Å². The lowest BCUT2D eigenvalue weighted by Crippen LogP contribution is -2.46. The van der Waals surface area contributed by atoms with E-state index in [2.05, 4.69) is 10.4 Å². The van der Waals surface area contributed by atoms with Gasteiger partial charge in [0.05, 0.1) is 5.69 Å². The van der Waals surface area contributed by atoms with Crippen molar-refractivity contribution in [3.63, 3.8) is 0 Å². The fourth-order valence-electron chi connectivity index (χ4n) is 1.85. The van der Waals surface area contributed by atoms with Gasteiger partial charge in [-0.2, -0.15) is 0 Å². The predicted molar refractivity (Wildman–Crippen MR) is 81.6 cm³/mol. The Balaban J connectivity index is 2.07. The van der Waals surface area contributed by atoms with E-state index in [-0.39, 0.29) is 5.91 Å². The molecule has 2 rings (SSSR count). The van der Waals surface area contributed by atoms with Crippen LogP contribution in [-0.2, 0) is 4.79 Å². The molecule has 1 aromatic carbocycles. The first-order valence-electron chi connectivity index (χ1n) is 7.11. The van der Waals surface area contributed by atoms with E-state index < -0.39 is 5.60 Å². The van der Waals surface area contributed by atoms with Crippen molar-refractivity contribution in [3.8, 4) is 11.6 Å². The number of nitrogens with one attached hydrogen (secondary N) is 1. The van der Waals surface area contributed by atoms with Crippen molar-refractivity contribution in [2.24, 2.45) is 0 Å². The molecule has 5 nitrogen and oxygen atoms in total. The first-order valence-corrected chi connectivity index (χ1v) is 7.11. The summed E-state index contributed by atoms with van der Waals surface area (Å²) in [5, 5.41) is 7.18. The minimum absolute atomic E-state index is 0.140. The molecule has 21 heavy (non-hydrogen) atoms. The van der Waals surface area contributed by atoms with Gasteiger partial charge in [-0.05, 0) is 32.4 Å². The molecule has 0 aliphatic heterocycles. The number of carbonyl (C=O) groups is 1. The van der Waals surface area contributed by atoms with Crippen LogP contribution in [0.25, 0.3) is 5.69 Å². The SMILES string of the molecule is CCCNC(=O)C(C)(C)Oc1ccn(-c2ccccc2)n1. The second-order valence-electron chi connectivity index (χ2n) is 5.30. The third kappa shape index (κ3) is 3.84. The van der Waals surface area contributed by atoms with E-state index in [1.54, 1.807) is 24.6 Å². The van der Waals surface area contributed by atoms with Gasteiger partial charge in [0.15, 0.2) is 5.60 Å². The van der Waals surface area contributed by atoms with Crippen molar-refractivity contribution in [1.82, 2.24) is 15.1 Å². The minimum atomic E-state index is -0.953. The Morgan fingerprint density at radius 3 is 2.67 bits per heavy atom. The average Bonchev–Trinajstić information content (AvgIpc) is 2.93. The first kappa shape index (κ1) is 15.1. The molecule has 1 N–H and O–H groups in total. The highest BCUT2D eigenvalue weighted by molar-refractivity contribution is 5.84. The Bertz CT molecular complexity index is 591. The smallest absolute Gasteiger partial charge is 0.263 e. The molecule has 0 aliphatic carbocycles. The molecule has 0 radical (unpaired) electrons. The van der Waals surface area contributed by atoms with Crippen LogP contribution in [0.2, 0.25) is 0 Å². The van der Waals surface area contributed by atoms with Crippen LogP contribution in [0.5, 0.6) is 5.88 Å². The number of hydrogen-bond donors (Lipinski definition) is 1. The molecule has 0 saturated carbocycles. The number of aromatic nitrogens is 2. The highest BCUT2D eigenvalue weighted by Gasteiger charge is 2.30. The van der Waals surface area contributed by atoms with Gasteiger partial charge in [0.1, 0.15) is 0 Å². The number of rotatable bonds is 6. The maximum atomic E-state index is 12.0. The van der Waals surface area contributed by atoms with Crippen LogP contribution in [-0.4, -0.2) is 27.8 Å². The Kier molecular flexibility index (Phi) is 4.62. The Morgan fingerprint density at radius 1 is 1.29 bits per heavy atom. The summed E-state index contributed by atoms with van der Waals surface area (Å²) in [6.45, 7) is 6.12. The van der Waals surface area contributed by atoms with Crippen LogP contribution in [0, 0.1) is 0 Å². The molecular weight excluding hydrogens is 266 g/mol. The van der Waals surface area contributed by atoms with Gasteiger partial charge in [0, 0.05) is 18.8 Å². The molecule has 0 fully saturated rings. The van der Waals surface area contributed by atoms with Crippen LogP contribution in [0.1, 0.15) is 27.2 Å². The lowest BCUT2D eigenvalue weighted by atomic mass is 10.1. The first-order chi connectivity index (χ1) is 10.0. The van der Waals surface area contributed by atoms with Gasteiger partial charge in [0.25, 0.3) is 5.91 Å². The number of ether oxygens (including phenoxy) is 1. The summed E-state index contributed by atoms with van der Waals surface area (Å²) in [7, 11) is 0. The van der Waals surface area contributed by atoms with Gasteiger partial charge in [-0.1, -0.05) is 25.1 Å². The van der Waals surface area contributed by atoms with Gasteiger partial charge in [-0.3, -0.25) is 4.79 Å². The van der Waals surface area contributed by atoms with Crippen LogP contribution < -0.4 is 10.1 Å². The molecule has 0 bridgehead atoms. The largest absolute Gasteiger partial charge is 0.460 e. The lowest BCUT2D eigenvalue weighted by Gasteiger charge is -2.23. The average molecular weight is 287 g/mol. The highest BCUT2D eigenvalue weighted by Crippen LogP contribution is 2.18. The quantitative estimate of drug-likeness (QED) is 0.888. The topological polar surface area (TPSA) is 56.1 Å². The minimum Gasteiger partial charge on any atom is -0.460 e. The second kappa shape index (κ2) is 6.43. The fraction of sp³-hybridized carbons (Fsp3) is 0.375. The number of benzene rings is 1. The number of hydrogen-bond acceptors (Lipinski definition) is 3. The van der Waals surface area contributed by atoms with Crippen LogP contribution >= 0.6 is 0 Å². The molecule has 2 aromatic rings. The Hall–Kier alpha value is -2.30. The molecule has 5 heteroatoms. The van der Waals surface area contributed by atoms with E-state index in [1.807, 2.05) is 43.5 Å². The molecule has 0 spiro atoms. The van der Waals surface area contributed by atoms with Gasteiger partial charge in [-0.25, -0.2) is 4.68 Å². The summed E-state index contributed by atoms with van der Waals surface area (Å²) in [6.07, 6.45) is 2.70. The van der Waals surface area contributed by atoms with Crippen molar-refractivity contribution in [2.75, 3.05) is 6.54 Å². The zero-order valence-corrected chi connectivity index (χ0v) is 12.7. The number of nitrogens with zero attached hydrogens (tertiary/aromatic N) is 2. The predicted octanol–water partition coefficient (Wildman–Crippen LogP) is 2.56. The monoisotopic (exact) mass is 287 g/mol. The van der Waals surface area contributed by atoms with E-state index in [1.165, 1.54) is 0 Å². The molecule has 0 unspecified atom stereocenters. The molecule has 1 heterocycles. The van der Waals surface area contributed by atoms with Crippen LogP contribution in [0.4, 0.5) is 0 Å². The van der Waals surface area contributed by atoms with E-state index in [9.17, 15) is 4.79 Å². The van der Waals surface area contributed by atoms with Crippen LogP contribution in [0.15, 0.2) is 42.6 Å². The normalized spacial score (nSPS) is 11.2. The summed E-state index contributed by atoms with van der Waals surface area (Å²) >= 11 is 0. The zero-order chi connectivity index (χ0) is 15.3. The Labute approximate surface area is 124 Å². The van der Waals surface area contributed by atoms with Gasteiger partial charge in [-0.15, -0.1) is 5.10 Å². The van der Waals surface area contributed by atoms with E-state index in [0.717, 1.165) is 12.1 Å². The summed E-state index contributed by atoms with van der Waals surface area (Å²) in [6, 6.07) is 11.5. The molecule has 112 valence electrons. The van der Waals surface area contributed by atoms with E-state index >= 15 is 0 Å². The van der Waals surface area contributed by atoms with Gasteiger partial charge < -0.3 is 10.1 Å². The van der Waals surface area contributed by atoms with E-state index in [4.69, 9.17) is 4.74 Å². The molecule has 0 saturated heterocycles. The Morgan fingerprint density at radius 2 is 2.00 bits per heavy atom. The number of para-hydroxylation sites is 1. The maximum absolute atomic E-state index is 12.0. The lowest BCUT2D eigenvalue weighted by molar-refractivity contribution is -0.134. The van der Waals surface area contributed by atoms with Crippen molar-refractivity contribution < 1.29 is 9.53 Å². The zero-order valence-electron chi connectivity index (χ0n) is 12.7.